The second-order valence-electron chi connectivity index (χ2n) is 5.28. The van der Waals surface area contributed by atoms with Crippen molar-refractivity contribution < 1.29 is 42.2 Å². The molecule has 10 heteroatoms. The Hall–Kier alpha value is -0.910. The lowest BCUT2D eigenvalue weighted by Gasteiger charge is -2.27. The van der Waals surface area contributed by atoms with E-state index in [4.69, 9.17) is 32.6 Å². The van der Waals surface area contributed by atoms with Gasteiger partial charge in [-0.2, -0.15) is 0 Å². The van der Waals surface area contributed by atoms with E-state index in [0.29, 0.717) is 38.6 Å². The number of rotatable bonds is 14. The van der Waals surface area contributed by atoms with Gasteiger partial charge in [-0.05, 0) is 18.5 Å². The molecule has 2 unspecified atom stereocenters. The summed E-state index contributed by atoms with van der Waals surface area (Å²) in [7, 11) is 3.15. The van der Waals surface area contributed by atoms with Gasteiger partial charge in [-0.3, -0.25) is 8.98 Å². The lowest BCUT2D eigenvalue weighted by atomic mass is 9.99. The second kappa shape index (κ2) is 15.2. The van der Waals surface area contributed by atoms with Gasteiger partial charge in [0.1, 0.15) is 13.2 Å². The Bertz CT molecular complexity index is 358. The summed E-state index contributed by atoms with van der Waals surface area (Å²) >= 11 is 1.15. The predicted octanol–water partition coefficient (Wildman–Crippen LogP) is 0.452. The zero-order chi connectivity index (χ0) is 19.0. The molecule has 0 bridgehead atoms. The third-order valence-electron chi connectivity index (χ3n) is 3.39. The lowest BCUT2D eigenvalue weighted by molar-refractivity contribution is -0.166. The normalized spacial score (nSPS) is 19.9. The van der Waals surface area contributed by atoms with Crippen molar-refractivity contribution in [1.82, 2.24) is 0 Å². The molecule has 1 aliphatic rings. The Labute approximate surface area is 158 Å². The van der Waals surface area contributed by atoms with E-state index in [1.54, 1.807) is 14.2 Å². The first-order valence-electron chi connectivity index (χ1n) is 8.45. The van der Waals surface area contributed by atoms with E-state index >= 15 is 0 Å². The van der Waals surface area contributed by atoms with Gasteiger partial charge in [0.25, 0.3) is 0 Å². The molecular formula is C16H28O9S. The Morgan fingerprint density at radius 2 is 1.38 bits per heavy atom. The summed E-state index contributed by atoms with van der Waals surface area (Å²) in [5, 5.41) is 0. The van der Waals surface area contributed by atoms with Gasteiger partial charge in [0, 0.05) is 20.0 Å². The van der Waals surface area contributed by atoms with Crippen LogP contribution < -0.4 is 0 Å². The highest BCUT2D eigenvalue weighted by atomic mass is 32.2. The molecule has 1 saturated heterocycles. The van der Waals surface area contributed by atoms with E-state index in [1.165, 1.54) is 0 Å². The standard InChI is InChI=1S/C16H28O9S/c1-19-4-6-21-8-10-23-15(17)13-3-12-26-25-14(13)16(18)24-11-9-22-7-5-20-2/h13-14H,3-12H2,1-2H3. The van der Waals surface area contributed by atoms with Crippen LogP contribution in [0.5, 0.6) is 0 Å². The zero-order valence-corrected chi connectivity index (χ0v) is 16.1. The summed E-state index contributed by atoms with van der Waals surface area (Å²) in [6.45, 7) is 2.52. The van der Waals surface area contributed by atoms with Gasteiger partial charge in [0.2, 0.25) is 0 Å². The fourth-order valence-electron chi connectivity index (χ4n) is 2.04. The number of ether oxygens (including phenoxy) is 6. The maximum atomic E-state index is 12.2. The van der Waals surface area contributed by atoms with E-state index in [0.717, 1.165) is 12.0 Å². The average Bonchev–Trinajstić information content (AvgIpc) is 2.67. The molecule has 0 spiro atoms. The zero-order valence-electron chi connectivity index (χ0n) is 15.3. The van der Waals surface area contributed by atoms with E-state index < -0.39 is 24.0 Å². The van der Waals surface area contributed by atoms with E-state index in [2.05, 4.69) is 0 Å². The Morgan fingerprint density at radius 1 is 0.846 bits per heavy atom. The highest BCUT2D eigenvalue weighted by Crippen LogP contribution is 2.28. The van der Waals surface area contributed by atoms with Crippen LogP contribution >= 0.6 is 12.0 Å². The second-order valence-corrected chi connectivity index (χ2v) is 6.12. The molecule has 1 aliphatic heterocycles. The Balaban J connectivity index is 2.28. The van der Waals surface area contributed by atoms with Gasteiger partial charge >= 0.3 is 11.9 Å². The highest BCUT2D eigenvalue weighted by molar-refractivity contribution is 7.94. The van der Waals surface area contributed by atoms with Gasteiger partial charge in [0.05, 0.1) is 45.6 Å². The lowest BCUT2D eigenvalue weighted by Crippen LogP contribution is -2.41. The van der Waals surface area contributed by atoms with Crippen molar-refractivity contribution in [3.8, 4) is 0 Å². The number of methoxy groups -OCH3 is 2. The van der Waals surface area contributed by atoms with Crippen LogP contribution in [0.25, 0.3) is 0 Å². The molecule has 0 aromatic carbocycles. The maximum absolute atomic E-state index is 12.2. The van der Waals surface area contributed by atoms with Crippen molar-refractivity contribution in [3.63, 3.8) is 0 Å². The smallest absolute Gasteiger partial charge is 0.337 e. The first-order chi connectivity index (χ1) is 12.7. The van der Waals surface area contributed by atoms with Crippen molar-refractivity contribution in [2.45, 2.75) is 12.5 Å². The van der Waals surface area contributed by atoms with E-state index in [-0.39, 0.29) is 26.4 Å². The molecule has 0 aromatic rings. The molecule has 9 nitrogen and oxygen atoms in total. The van der Waals surface area contributed by atoms with E-state index in [1.807, 2.05) is 0 Å². The molecular weight excluding hydrogens is 368 g/mol. The van der Waals surface area contributed by atoms with Crippen molar-refractivity contribution in [2.24, 2.45) is 5.92 Å². The van der Waals surface area contributed by atoms with Gasteiger partial charge in [0.15, 0.2) is 6.10 Å². The molecule has 0 radical (unpaired) electrons. The van der Waals surface area contributed by atoms with E-state index in [9.17, 15) is 9.59 Å². The summed E-state index contributed by atoms with van der Waals surface area (Å²) < 4.78 is 35.8. The Kier molecular flexibility index (Phi) is 13.5. The quantitative estimate of drug-likeness (QED) is 0.234. The topological polar surface area (TPSA) is 98.8 Å². The number of hydrogen-bond acceptors (Lipinski definition) is 10. The van der Waals surface area contributed by atoms with Crippen LogP contribution in [0.15, 0.2) is 0 Å². The molecule has 2 atom stereocenters. The molecule has 1 heterocycles. The van der Waals surface area contributed by atoms with Crippen LogP contribution in [0.4, 0.5) is 0 Å². The van der Waals surface area contributed by atoms with Gasteiger partial charge in [-0.15, -0.1) is 0 Å². The first-order valence-corrected chi connectivity index (χ1v) is 9.36. The number of esters is 2. The van der Waals surface area contributed by atoms with Crippen molar-refractivity contribution in [3.05, 3.63) is 0 Å². The molecule has 0 amide bonds. The van der Waals surface area contributed by atoms with Crippen LogP contribution in [-0.2, 0) is 42.2 Å². The third-order valence-corrected chi connectivity index (χ3v) is 4.14. The molecule has 1 rings (SSSR count). The summed E-state index contributed by atoms with van der Waals surface area (Å²) in [4.78, 5) is 24.4. The molecule has 0 N–H and O–H groups in total. The van der Waals surface area contributed by atoms with Crippen LogP contribution in [0.2, 0.25) is 0 Å². The van der Waals surface area contributed by atoms with Crippen molar-refractivity contribution >= 4 is 24.0 Å². The van der Waals surface area contributed by atoms with Crippen molar-refractivity contribution in [1.29, 1.82) is 0 Å². The maximum Gasteiger partial charge on any atom is 0.337 e. The monoisotopic (exact) mass is 396 g/mol. The molecule has 0 aliphatic carbocycles. The minimum absolute atomic E-state index is 0.0855. The highest BCUT2D eigenvalue weighted by Gasteiger charge is 2.40. The molecule has 1 fully saturated rings. The number of carbonyl (C=O) groups excluding carboxylic acids is 2. The fraction of sp³-hybridized carbons (Fsp3) is 0.875. The minimum atomic E-state index is -0.977. The van der Waals surface area contributed by atoms with Crippen LogP contribution in [0.1, 0.15) is 6.42 Å². The van der Waals surface area contributed by atoms with Gasteiger partial charge in [-0.25, -0.2) is 4.79 Å². The molecule has 152 valence electrons. The average molecular weight is 396 g/mol. The van der Waals surface area contributed by atoms with Crippen molar-refractivity contribution in [2.75, 3.05) is 72.8 Å². The molecule has 0 aromatic heterocycles. The minimum Gasteiger partial charge on any atom is -0.463 e. The SMILES string of the molecule is COCCOCCOC(=O)C1CCSOC1C(=O)OCCOCCOC. The summed E-state index contributed by atoms with van der Waals surface area (Å²) in [6.07, 6.45) is -0.493. The fourth-order valence-corrected chi connectivity index (χ4v) is 2.85. The van der Waals surface area contributed by atoms with Gasteiger partial charge in [-0.1, -0.05) is 0 Å². The largest absolute Gasteiger partial charge is 0.463 e. The first kappa shape index (κ1) is 23.1. The number of carbonyl (C=O) groups is 2. The summed E-state index contributed by atoms with van der Waals surface area (Å²) in [6, 6.07) is 0. The van der Waals surface area contributed by atoms with Crippen LogP contribution in [0.3, 0.4) is 0 Å². The third kappa shape index (κ3) is 9.70. The molecule has 0 saturated carbocycles. The van der Waals surface area contributed by atoms with Gasteiger partial charge < -0.3 is 28.4 Å². The Morgan fingerprint density at radius 3 is 1.96 bits per heavy atom. The summed E-state index contributed by atoms with van der Waals surface area (Å²) in [5.41, 5.74) is 0. The number of hydrogen-bond donors (Lipinski definition) is 0. The predicted molar refractivity (Wildman–Crippen MR) is 92.7 cm³/mol. The summed E-state index contributed by atoms with van der Waals surface area (Å²) in [5.74, 6) is -1.16. The van der Waals surface area contributed by atoms with Crippen LogP contribution in [0, 0.1) is 5.92 Å². The van der Waals surface area contributed by atoms with Crippen LogP contribution in [-0.4, -0.2) is 90.9 Å². The molecule has 26 heavy (non-hydrogen) atoms.